The van der Waals surface area contributed by atoms with Crippen LogP contribution < -0.4 is 27.1 Å². The van der Waals surface area contributed by atoms with Gasteiger partial charge in [0.05, 0.1) is 18.5 Å². The summed E-state index contributed by atoms with van der Waals surface area (Å²) in [6, 6.07) is 12.8. The van der Waals surface area contributed by atoms with E-state index in [1.54, 1.807) is 12.1 Å². The number of imidazole rings is 1. The van der Waals surface area contributed by atoms with E-state index in [0.717, 1.165) is 12.7 Å². The second-order valence-electron chi connectivity index (χ2n) is 13.6. The van der Waals surface area contributed by atoms with Gasteiger partial charge in [0.2, 0.25) is 0 Å². The van der Waals surface area contributed by atoms with Gasteiger partial charge >= 0.3 is 35.5 Å². The molecule has 344 valence electrons. The fourth-order valence-electron chi connectivity index (χ4n) is 6.60. The number of hydrogen-bond acceptors (Lipinski definition) is 19. The maximum Gasteiger partial charge on any atom is 0.490 e. The summed E-state index contributed by atoms with van der Waals surface area (Å²) in [7, 11) is -17.3. The average molecular weight is 983 g/mol. The van der Waals surface area contributed by atoms with E-state index in [1.807, 2.05) is 0 Å². The van der Waals surface area contributed by atoms with Crippen molar-refractivity contribution in [3.05, 3.63) is 83.0 Å². The Morgan fingerprint density at radius 3 is 2.40 bits per heavy atom. The van der Waals surface area contributed by atoms with Crippen molar-refractivity contribution in [1.29, 1.82) is 0 Å². The number of nitrogens with one attached hydrogen (secondary N) is 3. The zero-order valence-corrected chi connectivity index (χ0v) is 35.9. The molecule has 27 nitrogen and oxygen atoms in total. The first-order valence-corrected chi connectivity index (χ1v) is 23.1. The van der Waals surface area contributed by atoms with Gasteiger partial charge in [-0.05, 0) is 54.2 Å². The summed E-state index contributed by atoms with van der Waals surface area (Å²) in [6.45, 7) is -1.37. The van der Waals surface area contributed by atoms with Crippen molar-refractivity contribution < 1.29 is 85.2 Å². The molecule has 2 aromatic carbocycles. The third kappa shape index (κ3) is 10.9. The number of aromatic carboxylic acids is 1. The number of aromatic hydroxyl groups is 1. The number of benzene rings is 3. The van der Waals surface area contributed by atoms with Gasteiger partial charge in [-0.3, -0.25) is 13.9 Å². The van der Waals surface area contributed by atoms with Crippen molar-refractivity contribution in [2.24, 2.45) is 0 Å². The Morgan fingerprint density at radius 1 is 0.923 bits per heavy atom. The van der Waals surface area contributed by atoms with Gasteiger partial charge in [0.1, 0.15) is 41.1 Å². The topological polar surface area (TPSA) is 409 Å². The van der Waals surface area contributed by atoms with E-state index in [2.05, 4.69) is 44.0 Å². The number of amides is 1. The van der Waals surface area contributed by atoms with Crippen LogP contribution in [0.3, 0.4) is 0 Å². The third-order valence-electron chi connectivity index (χ3n) is 9.17. The highest BCUT2D eigenvalue weighted by Gasteiger charge is 2.50. The van der Waals surface area contributed by atoms with E-state index in [0.29, 0.717) is 16.5 Å². The number of ether oxygens (including phenoxy) is 2. The van der Waals surface area contributed by atoms with Crippen molar-refractivity contribution in [3.8, 4) is 28.2 Å². The molecule has 0 bridgehead atoms. The first kappa shape index (κ1) is 47.0. The number of carbonyl (C=O) groups excluding carboxylic acids is 1. The van der Waals surface area contributed by atoms with E-state index >= 15 is 0 Å². The number of nitrogens with zero attached hydrogens (tertiary/aromatic N) is 4. The SMILES string of the molecule is Nc1ncnc2c1ncn2[C@@H]1O[C@H](COP(=O)(O)OP(=O)(O)OP(=O)(O)O)C(OC(=O)NCCNC(=S)Nc2ccc(-c3c4ccc(=O)cc-4oc4cc(O)ccc34)c(C(=O)O)c2)[C@@H]1O. The van der Waals surface area contributed by atoms with E-state index in [-0.39, 0.29) is 74.5 Å². The minimum Gasteiger partial charge on any atom is -0.508 e. The van der Waals surface area contributed by atoms with Crippen LogP contribution in [0.5, 0.6) is 5.75 Å². The quantitative estimate of drug-likeness (QED) is 0.0304. The van der Waals surface area contributed by atoms with Gasteiger partial charge in [-0.25, -0.2) is 38.2 Å². The Bertz CT molecular complexity index is 3020. The van der Waals surface area contributed by atoms with Crippen molar-refractivity contribution in [2.75, 3.05) is 30.7 Å². The molecule has 3 aliphatic rings. The molecule has 2 aromatic heterocycles. The van der Waals surface area contributed by atoms with Crippen LogP contribution in [0.1, 0.15) is 16.6 Å². The first-order chi connectivity index (χ1) is 30.6. The number of rotatable bonds is 15. The first-order valence-electron chi connectivity index (χ1n) is 18.2. The maximum absolute atomic E-state index is 13.0. The van der Waals surface area contributed by atoms with E-state index < -0.39 is 66.7 Å². The summed E-state index contributed by atoms with van der Waals surface area (Å²) < 4.78 is 65.6. The highest BCUT2D eigenvalue weighted by molar-refractivity contribution is 7.80. The number of phenolic OH excluding ortho intramolecular Hbond substituents is 1. The number of aliphatic hydroxyl groups excluding tert-OH is 1. The zero-order chi connectivity index (χ0) is 47.0. The molecule has 1 saturated heterocycles. The van der Waals surface area contributed by atoms with Gasteiger partial charge < -0.3 is 70.5 Å². The normalized spacial score (nSPS) is 19.4. The average Bonchev–Trinajstić information content (AvgIpc) is 3.77. The molecule has 4 aromatic rings. The Kier molecular flexibility index (Phi) is 13.4. The van der Waals surface area contributed by atoms with E-state index in [9.17, 15) is 53.2 Å². The summed E-state index contributed by atoms with van der Waals surface area (Å²) >= 11 is 5.36. The van der Waals surface area contributed by atoms with Crippen LogP contribution >= 0.6 is 35.7 Å². The maximum atomic E-state index is 13.0. The van der Waals surface area contributed by atoms with Gasteiger partial charge in [-0.1, -0.05) is 6.07 Å². The molecule has 31 heteroatoms. The lowest BCUT2D eigenvalue weighted by Gasteiger charge is -2.22. The molecule has 3 unspecified atom stereocenters. The second-order valence-corrected chi connectivity index (χ2v) is 18.4. The highest BCUT2D eigenvalue weighted by Crippen LogP contribution is 2.66. The number of phosphoric ester groups is 1. The Labute approximate surface area is 367 Å². The van der Waals surface area contributed by atoms with Gasteiger partial charge in [-0.15, -0.1) is 0 Å². The standard InChI is InChI=1S/C34H33N8O19P3S/c35-29-26-30(39-13-38-29)42(14-40-26)31-27(45)28(24(58-31)12-56-63(52,53)61-64(54,55)60-62(49,50)51)59-34(48)37-8-7-36-33(65)41-15-1-4-18(21(9-15)32(46)47)25-19-5-2-16(43)10-22(19)57-23-11-17(44)3-6-20(23)25/h1-6,9-11,13-14,24,27-28,31,43,45H,7-8,12H2,(H,37,48)(H,46,47)(H,52,53)(H,54,55)(H2,35,38,39)(H2,36,41,65)(H2,49,50,51)/t24-,27+,28?,31-/m1/s1. The van der Waals surface area contributed by atoms with E-state index in [1.165, 1.54) is 47.0 Å². The molecule has 0 spiro atoms. The van der Waals surface area contributed by atoms with Crippen LogP contribution in [0.15, 0.2) is 76.5 Å². The fraction of sp³-hybridized carbons (Fsp3) is 0.206. The van der Waals surface area contributed by atoms with Crippen molar-refractivity contribution in [2.45, 2.75) is 24.5 Å². The predicted octanol–water partition coefficient (Wildman–Crippen LogP) is 2.37. The van der Waals surface area contributed by atoms with Crippen LogP contribution in [-0.4, -0.2) is 110 Å². The molecule has 12 N–H and O–H groups in total. The molecule has 65 heavy (non-hydrogen) atoms. The Balaban J connectivity index is 0.998. The molecular weight excluding hydrogens is 949 g/mol. The van der Waals surface area contributed by atoms with Gasteiger partial charge in [0.25, 0.3) is 0 Å². The lowest BCUT2D eigenvalue weighted by molar-refractivity contribution is -0.0508. The van der Waals surface area contributed by atoms with Crippen LogP contribution in [0.4, 0.5) is 16.3 Å². The van der Waals surface area contributed by atoms with Gasteiger partial charge in [-0.2, -0.15) is 8.62 Å². The minimum atomic E-state index is -5.90. The molecule has 7 rings (SSSR count). The number of carboxylic acid groups (broad SMARTS) is 1. The van der Waals surface area contributed by atoms with Gasteiger partial charge in [0, 0.05) is 47.4 Å². The zero-order valence-electron chi connectivity index (χ0n) is 32.4. The number of carboxylic acids is 1. The van der Waals surface area contributed by atoms with Crippen LogP contribution in [-0.2, 0) is 36.3 Å². The number of anilines is 2. The highest BCUT2D eigenvalue weighted by atomic mass is 32.1. The Hall–Kier alpha value is -5.96. The second kappa shape index (κ2) is 18.5. The molecule has 0 radical (unpaired) electrons. The molecule has 2 aliphatic heterocycles. The monoisotopic (exact) mass is 982 g/mol. The summed E-state index contributed by atoms with van der Waals surface area (Å²) in [5.41, 5.74) is 7.04. The Morgan fingerprint density at radius 2 is 1.66 bits per heavy atom. The summed E-state index contributed by atoms with van der Waals surface area (Å²) in [4.78, 5) is 86.8. The molecule has 0 saturated carbocycles. The fourth-order valence-corrected chi connectivity index (χ4v) is 9.85. The largest absolute Gasteiger partial charge is 0.508 e. The van der Waals surface area contributed by atoms with Crippen LogP contribution in [0.2, 0.25) is 0 Å². The summed E-state index contributed by atoms with van der Waals surface area (Å²) in [6.07, 6.45) is -5.64. The lowest BCUT2D eigenvalue weighted by Crippen LogP contribution is -2.43. The number of hydrogen-bond donors (Lipinski definition) is 11. The number of nitrogen functional groups attached to an aromatic ring is 1. The number of phenols is 1. The lowest BCUT2D eigenvalue weighted by atomic mass is 9.90. The number of thiocarbonyl (C=S) groups is 1. The smallest absolute Gasteiger partial charge is 0.490 e. The van der Waals surface area contributed by atoms with Crippen molar-refractivity contribution >= 4 is 86.5 Å². The molecule has 4 heterocycles. The van der Waals surface area contributed by atoms with Crippen molar-refractivity contribution in [3.63, 3.8) is 0 Å². The number of phosphoric acid groups is 3. The van der Waals surface area contributed by atoms with Crippen LogP contribution in [0, 0.1) is 0 Å². The molecule has 1 aliphatic carbocycles. The predicted molar refractivity (Wildman–Crippen MR) is 225 cm³/mol. The third-order valence-corrected chi connectivity index (χ3v) is 13.2. The number of aliphatic hydroxyl groups is 1. The van der Waals surface area contributed by atoms with Crippen LogP contribution in [0.25, 0.3) is 44.6 Å². The molecule has 6 atom stereocenters. The summed E-state index contributed by atoms with van der Waals surface area (Å²) in [5, 5.41) is 40.1. The minimum absolute atomic E-state index is 0.0111. The molecular formula is C34H33N8O19P3S. The molecule has 1 fully saturated rings. The van der Waals surface area contributed by atoms with Crippen molar-refractivity contribution in [1.82, 2.24) is 30.2 Å². The number of fused-ring (bicyclic) bond motifs is 3. The number of aromatic nitrogens is 4. The number of carbonyl (C=O) groups is 2. The van der Waals surface area contributed by atoms with Gasteiger partial charge in [0.15, 0.2) is 34.3 Å². The molecule has 1 amide bonds. The van der Waals surface area contributed by atoms with E-state index in [4.69, 9.17) is 41.6 Å². The summed E-state index contributed by atoms with van der Waals surface area (Å²) in [5.74, 6) is -1.30. The number of alkyl carbamates (subject to hydrolysis) is 1. The number of nitrogens with two attached hydrogens (primary N) is 1.